The van der Waals surface area contributed by atoms with Gasteiger partial charge in [-0.15, -0.1) is 6.58 Å². The Hall–Kier alpha value is -1.66. The van der Waals surface area contributed by atoms with Crippen molar-refractivity contribution in [3.63, 3.8) is 0 Å². The van der Waals surface area contributed by atoms with Gasteiger partial charge in [-0.2, -0.15) is 0 Å². The third-order valence-electron chi connectivity index (χ3n) is 5.98. The Bertz CT molecular complexity index is 830. The van der Waals surface area contributed by atoms with Gasteiger partial charge in [-0.25, -0.2) is 10.1 Å². The molecule has 6 heteroatoms. The van der Waals surface area contributed by atoms with E-state index in [0.29, 0.717) is 23.1 Å². The van der Waals surface area contributed by atoms with Gasteiger partial charge in [-0.05, 0) is 55.5 Å². The van der Waals surface area contributed by atoms with Crippen molar-refractivity contribution in [1.29, 1.82) is 0 Å². The first-order valence-corrected chi connectivity index (χ1v) is 9.30. The molecule has 4 heterocycles. The van der Waals surface area contributed by atoms with E-state index in [-0.39, 0.29) is 6.04 Å². The summed E-state index contributed by atoms with van der Waals surface area (Å²) in [5.74, 6) is 1.69. The molecule has 5 nitrogen and oxygen atoms in total. The molecule has 5 rings (SSSR count). The van der Waals surface area contributed by atoms with E-state index in [2.05, 4.69) is 16.5 Å². The monoisotopic (exact) mass is 374 g/mol. The lowest BCUT2D eigenvalue weighted by molar-refractivity contribution is -0.319. The third-order valence-corrected chi connectivity index (χ3v) is 6.51. The standard InChI is InChI=1S/C20H23ClN2O3/c1-3-13-12-23-9-7-14(13)10-19(23)20(21,26-24)17-6-8-22-18-5-4-15(25-2)11-16(17)18/h3-6,8,11,13-14,19,24H,1,7,9-10,12H2,2H3/t13-,14-,19-,20+/m0/s1. The third kappa shape index (κ3) is 2.70. The molecule has 2 aromatic rings. The van der Waals surface area contributed by atoms with Crippen LogP contribution in [0.15, 0.2) is 43.1 Å². The predicted molar refractivity (Wildman–Crippen MR) is 101 cm³/mol. The summed E-state index contributed by atoms with van der Waals surface area (Å²) in [4.78, 5) is 11.7. The normalized spacial score (nSPS) is 30.1. The second-order valence-corrected chi connectivity index (χ2v) is 7.73. The average molecular weight is 375 g/mol. The van der Waals surface area contributed by atoms with E-state index in [0.717, 1.165) is 36.8 Å². The lowest BCUT2D eigenvalue weighted by Crippen LogP contribution is -2.59. The van der Waals surface area contributed by atoms with Gasteiger partial charge < -0.3 is 4.74 Å². The summed E-state index contributed by atoms with van der Waals surface area (Å²) in [5, 5.41) is 9.35. The summed E-state index contributed by atoms with van der Waals surface area (Å²) in [6.07, 6.45) is 5.71. The Balaban J connectivity index is 1.80. The maximum Gasteiger partial charge on any atom is 0.217 e. The minimum absolute atomic E-state index is 0.124. The number of alkyl halides is 1. The number of benzene rings is 1. The lowest BCUT2D eigenvalue weighted by atomic mass is 9.73. The van der Waals surface area contributed by atoms with Gasteiger partial charge in [0.15, 0.2) is 0 Å². The van der Waals surface area contributed by atoms with E-state index in [1.165, 1.54) is 0 Å². The highest BCUT2D eigenvalue weighted by Crippen LogP contribution is 2.48. The van der Waals surface area contributed by atoms with Crippen molar-refractivity contribution in [2.75, 3.05) is 20.2 Å². The molecule has 2 bridgehead atoms. The molecule has 1 N–H and O–H groups in total. The number of hydrogen-bond acceptors (Lipinski definition) is 5. The molecule has 0 radical (unpaired) electrons. The number of rotatable bonds is 5. The highest BCUT2D eigenvalue weighted by Gasteiger charge is 2.51. The van der Waals surface area contributed by atoms with Crippen molar-refractivity contribution in [2.45, 2.75) is 23.9 Å². The number of hydrogen-bond donors (Lipinski definition) is 1. The molecule has 1 aromatic carbocycles. The summed E-state index contributed by atoms with van der Waals surface area (Å²) in [5.41, 5.74) is 1.49. The summed E-state index contributed by atoms with van der Waals surface area (Å²) in [6, 6.07) is 7.32. The zero-order chi connectivity index (χ0) is 18.3. The van der Waals surface area contributed by atoms with Crippen LogP contribution < -0.4 is 4.74 Å². The molecule has 0 saturated carbocycles. The molecule has 26 heavy (non-hydrogen) atoms. The first kappa shape index (κ1) is 17.7. The number of ether oxygens (including phenoxy) is 1. The lowest BCUT2D eigenvalue weighted by Gasteiger charge is -2.53. The van der Waals surface area contributed by atoms with Crippen molar-refractivity contribution in [1.82, 2.24) is 9.88 Å². The Morgan fingerprint density at radius 1 is 1.42 bits per heavy atom. The molecule has 0 spiro atoms. The van der Waals surface area contributed by atoms with Gasteiger partial charge in [0.05, 0.1) is 18.7 Å². The highest BCUT2D eigenvalue weighted by atomic mass is 35.5. The molecule has 0 aliphatic carbocycles. The van der Waals surface area contributed by atoms with E-state index < -0.39 is 5.06 Å². The average Bonchev–Trinajstić information content (AvgIpc) is 2.72. The van der Waals surface area contributed by atoms with Crippen LogP contribution in [0.1, 0.15) is 18.4 Å². The van der Waals surface area contributed by atoms with E-state index in [9.17, 15) is 5.26 Å². The number of pyridine rings is 1. The molecule has 1 aromatic heterocycles. The molecule has 5 atom stereocenters. The molecule has 1 unspecified atom stereocenters. The minimum atomic E-state index is -1.36. The van der Waals surface area contributed by atoms with Gasteiger partial charge in [-0.3, -0.25) is 9.88 Å². The molecule has 138 valence electrons. The Labute approximate surface area is 158 Å². The number of nitrogens with zero attached hydrogens (tertiary/aromatic N) is 2. The summed E-state index contributed by atoms with van der Waals surface area (Å²) in [7, 11) is 1.62. The number of aromatic nitrogens is 1. The molecule has 3 fully saturated rings. The van der Waals surface area contributed by atoms with E-state index >= 15 is 0 Å². The van der Waals surface area contributed by atoms with Crippen molar-refractivity contribution < 1.29 is 14.9 Å². The zero-order valence-corrected chi connectivity index (χ0v) is 15.5. The Morgan fingerprint density at radius 2 is 2.27 bits per heavy atom. The predicted octanol–water partition coefficient (Wildman–Crippen LogP) is 4.02. The van der Waals surface area contributed by atoms with Crippen molar-refractivity contribution in [2.24, 2.45) is 11.8 Å². The number of methoxy groups -OCH3 is 1. The van der Waals surface area contributed by atoms with Crippen LogP contribution in [-0.4, -0.2) is 41.4 Å². The van der Waals surface area contributed by atoms with Gasteiger partial charge in [0, 0.05) is 23.7 Å². The second kappa shape index (κ2) is 6.82. The maximum absolute atomic E-state index is 9.90. The van der Waals surface area contributed by atoms with Gasteiger partial charge in [0.1, 0.15) is 5.75 Å². The molecule has 0 amide bonds. The van der Waals surface area contributed by atoms with Crippen LogP contribution in [0.25, 0.3) is 10.9 Å². The van der Waals surface area contributed by atoms with Crippen molar-refractivity contribution in [3.05, 3.63) is 48.7 Å². The quantitative estimate of drug-likeness (QED) is 0.371. The van der Waals surface area contributed by atoms with Crippen LogP contribution in [0, 0.1) is 11.8 Å². The Kier molecular flexibility index (Phi) is 4.65. The fourth-order valence-electron chi connectivity index (χ4n) is 4.56. The van der Waals surface area contributed by atoms with E-state index in [4.69, 9.17) is 21.2 Å². The van der Waals surface area contributed by atoms with Crippen LogP contribution in [0.5, 0.6) is 5.75 Å². The second-order valence-electron chi connectivity index (χ2n) is 7.17. The SMILES string of the molecule is C=C[C@H]1CN2CC[C@H]1C[C@H]2[C@](Cl)(OO)c1ccnc2ccc(OC)cc12. The summed E-state index contributed by atoms with van der Waals surface area (Å²) in [6.45, 7) is 5.81. The van der Waals surface area contributed by atoms with Gasteiger partial charge >= 0.3 is 0 Å². The van der Waals surface area contributed by atoms with Gasteiger partial charge in [0.2, 0.25) is 5.06 Å². The van der Waals surface area contributed by atoms with Crippen molar-refractivity contribution in [3.8, 4) is 5.75 Å². The van der Waals surface area contributed by atoms with Crippen LogP contribution in [0.4, 0.5) is 0 Å². The van der Waals surface area contributed by atoms with Crippen LogP contribution in [-0.2, 0) is 9.95 Å². The topological polar surface area (TPSA) is 54.8 Å². The molecule has 3 saturated heterocycles. The molecular weight excluding hydrogens is 352 g/mol. The largest absolute Gasteiger partial charge is 0.497 e. The fraction of sp³-hybridized carbons (Fsp3) is 0.450. The zero-order valence-electron chi connectivity index (χ0n) is 14.8. The maximum atomic E-state index is 9.90. The number of piperidine rings is 3. The van der Waals surface area contributed by atoms with Gasteiger partial charge in [0.25, 0.3) is 0 Å². The minimum Gasteiger partial charge on any atom is -0.497 e. The number of fused-ring (bicyclic) bond motifs is 4. The van der Waals surface area contributed by atoms with Crippen LogP contribution in [0.3, 0.4) is 0 Å². The first-order chi connectivity index (χ1) is 12.6. The van der Waals surface area contributed by atoms with Crippen LogP contribution >= 0.6 is 11.6 Å². The number of halogens is 1. The molecular formula is C20H23ClN2O3. The van der Waals surface area contributed by atoms with Gasteiger partial charge in [-0.1, -0.05) is 17.7 Å². The summed E-state index contributed by atoms with van der Waals surface area (Å²) < 4.78 is 5.35. The Morgan fingerprint density at radius 3 is 2.92 bits per heavy atom. The van der Waals surface area contributed by atoms with E-state index in [1.54, 1.807) is 13.3 Å². The first-order valence-electron chi connectivity index (χ1n) is 8.92. The van der Waals surface area contributed by atoms with E-state index in [1.807, 2.05) is 30.3 Å². The molecule has 3 aliphatic heterocycles. The van der Waals surface area contributed by atoms with Crippen LogP contribution in [0.2, 0.25) is 0 Å². The highest BCUT2D eigenvalue weighted by molar-refractivity contribution is 6.24. The molecule has 3 aliphatic rings. The fourth-order valence-corrected chi connectivity index (χ4v) is 4.95. The summed E-state index contributed by atoms with van der Waals surface area (Å²) >= 11 is 6.98. The smallest absolute Gasteiger partial charge is 0.217 e. The van der Waals surface area contributed by atoms with Crippen molar-refractivity contribution >= 4 is 22.5 Å².